The molecule has 1 aromatic heterocycles. The number of carboxylic acid groups (broad SMARTS) is 1. The van der Waals surface area contributed by atoms with Crippen LogP contribution in [0.4, 0.5) is 11.4 Å². The van der Waals surface area contributed by atoms with Gasteiger partial charge in [0.2, 0.25) is 5.91 Å². The molecular weight excluding hydrogens is 386 g/mol. The van der Waals surface area contributed by atoms with Gasteiger partial charge in [-0.25, -0.2) is 8.42 Å². The van der Waals surface area contributed by atoms with Crippen LogP contribution in [0, 0.1) is 12.8 Å². The van der Waals surface area contributed by atoms with Crippen LogP contribution in [0.3, 0.4) is 0 Å². The number of sulfonamides is 1. The lowest BCUT2D eigenvalue weighted by Gasteiger charge is -2.17. The summed E-state index contributed by atoms with van der Waals surface area (Å²) in [7, 11) is -2.49. The number of hydrogen-bond acceptors (Lipinski definition) is 5. The molecule has 148 valence electrons. The van der Waals surface area contributed by atoms with Crippen molar-refractivity contribution < 1.29 is 23.1 Å². The highest BCUT2D eigenvalue weighted by Crippen LogP contribution is 2.27. The number of hydrogen-bond donors (Lipinski definition) is 2. The van der Waals surface area contributed by atoms with E-state index in [4.69, 9.17) is 5.11 Å². The molecule has 1 aromatic carbocycles. The molecule has 0 spiro atoms. The summed E-state index contributed by atoms with van der Waals surface area (Å²) in [6.45, 7) is 1.66. The summed E-state index contributed by atoms with van der Waals surface area (Å²) in [5, 5.41) is 9.06. The standard InChI is InChI=1S/C18H19N3O6S/c1-11-7-8-20(2)17(23)16(11)19-28(26,27)14-5-3-13(4-6-14)21-10-12(18(24)25)9-15(21)22/h3-8,12,19H,9-10H2,1-2H3,(H,24,25). The van der Waals surface area contributed by atoms with Gasteiger partial charge in [0, 0.05) is 31.9 Å². The van der Waals surface area contributed by atoms with E-state index in [0.717, 1.165) is 0 Å². The Morgan fingerprint density at radius 1 is 1.18 bits per heavy atom. The van der Waals surface area contributed by atoms with Crippen molar-refractivity contribution >= 4 is 33.3 Å². The van der Waals surface area contributed by atoms with Gasteiger partial charge in [-0.15, -0.1) is 0 Å². The van der Waals surface area contributed by atoms with Gasteiger partial charge in [-0.2, -0.15) is 0 Å². The Labute approximate surface area is 161 Å². The summed E-state index contributed by atoms with van der Waals surface area (Å²) in [5.74, 6) is -2.15. The van der Waals surface area contributed by atoms with Gasteiger partial charge >= 0.3 is 5.97 Å². The van der Waals surface area contributed by atoms with Crippen LogP contribution in [0.25, 0.3) is 0 Å². The number of benzene rings is 1. The Kier molecular flexibility index (Phi) is 4.99. The second-order valence-electron chi connectivity index (χ2n) is 6.63. The number of carbonyl (C=O) groups is 2. The second kappa shape index (κ2) is 7.12. The quantitative estimate of drug-likeness (QED) is 0.762. The van der Waals surface area contributed by atoms with Gasteiger partial charge in [0.15, 0.2) is 0 Å². The van der Waals surface area contributed by atoms with Gasteiger partial charge in [-0.1, -0.05) is 0 Å². The first-order valence-corrected chi connectivity index (χ1v) is 9.91. The van der Waals surface area contributed by atoms with Crippen LogP contribution in [0.15, 0.2) is 46.2 Å². The number of carbonyl (C=O) groups excluding carboxylic acids is 1. The topological polar surface area (TPSA) is 126 Å². The Hall–Kier alpha value is -3.14. The average Bonchev–Trinajstić information content (AvgIpc) is 3.04. The minimum atomic E-state index is -4.01. The zero-order valence-electron chi connectivity index (χ0n) is 15.2. The summed E-state index contributed by atoms with van der Waals surface area (Å²) in [4.78, 5) is 36.5. The number of nitrogens with zero attached hydrogens (tertiary/aromatic N) is 2. The van der Waals surface area contributed by atoms with Crippen molar-refractivity contribution in [3.63, 3.8) is 0 Å². The van der Waals surface area contributed by atoms with Crippen molar-refractivity contribution in [1.29, 1.82) is 0 Å². The normalized spacial score (nSPS) is 17.0. The number of pyridine rings is 1. The van der Waals surface area contributed by atoms with Crippen LogP contribution in [-0.2, 0) is 26.7 Å². The molecule has 1 fully saturated rings. The predicted octanol–water partition coefficient (Wildman–Crippen LogP) is 0.932. The Morgan fingerprint density at radius 2 is 1.82 bits per heavy atom. The fourth-order valence-corrected chi connectivity index (χ4v) is 4.09. The van der Waals surface area contributed by atoms with Crippen LogP contribution >= 0.6 is 0 Å². The molecule has 1 unspecified atom stereocenters. The number of nitrogens with one attached hydrogen (secondary N) is 1. The molecule has 2 N–H and O–H groups in total. The molecule has 0 aliphatic carbocycles. The first-order chi connectivity index (χ1) is 13.1. The molecular formula is C18H19N3O6S. The van der Waals surface area contributed by atoms with Gasteiger partial charge < -0.3 is 14.6 Å². The first-order valence-electron chi connectivity index (χ1n) is 8.42. The Balaban J connectivity index is 1.85. The van der Waals surface area contributed by atoms with E-state index in [0.29, 0.717) is 11.3 Å². The molecule has 0 saturated carbocycles. The fraction of sp³-hybridized carbons (Fsp3) is 0.278. The van der Waals surface area contributed by atoms with Crippen molar-refractivity contribution in [2.75, 3.05) is 16.2 Å². The summed E-state index contributed by atoms with van der Waals surface area (Å²) >= 11 is 0. The number of aryl methyl sites for hydroxylation is 2. The second-order valence-corrected chi connectivity index (χ2v) is 8.32. The summed E-state index contributed by atoms with van der Waals surface area (Å²) in [5.41, 5.74) is 0.404. The maximum Gasteiger partial charge on any atom is 0.308 e. The van der Waals surface area contributed by atoms with Crippen LogP contribution in [0.2, 0.25) is 0 Å². The zero-order valence-corrected chi connectivity index (χ0v) is 16.1. The number of anilines is 2. The fourth-order valence-electron chi connectivity index (χ4n) is 2.96. The summed E-state index contributed by atoms with van der Waals surface area (Å²) < 4.78 is 28.9. The van der Waals surface area contributed by atoms with E-state index in [1.54, 1.807) is 19.2 Å². The van der Waals surface area contributed by atoms with Gasteiger partial charge in [-0.3, -0.25) is 19.1 Å². The van der Waals surface area contributed by atoms with Crippen LogP contribution < -0.4 is 15.2 Å². The maximum atomic E-state index is 12.6. The average molecular weight is 405 g/mol. The summed E-state index contributed by atoms with van der Waals surface area (Å²) in [6, 6.07) is 7.11. The van der Waals surface area contributed by atoms with Crippen LogP contribution in [-0.4, -0.2) is 36.5 Å². The van der Waals surface area contributed by atoms with E-state index < -0.39 is 27.5 Å². The molecule has 9 nitrogen and oxygen atoms in total. The van der Waals surface area contributed by atoms with Crippen molar-refractivity contribution in [2.45, 2.75) is 18.2 Å². The molecule has 10 heteroatoms. The van der Waals surface area contributed by atoms with Gasteiger partial charge in [0.05, 0.1) is 10.8 Å². The monoisotopic (exact) mass is 405 g/mol. The number of carboxylic acids is 1. The molecule has 1 saturated heterocycles. The number of rotatable bonds is 5. The lowest BCUT2D eigenvalue weighted by molar-refractivity contribution is -0.141. The van der Waals surface area contributed by atoms with Gasteiger partial charge in [0.25, 0.3) is 15.6 Å². The van der Waals surface area contributed by atoms with Crippen molar-refractivity contribution in [3.05, 3.63) is 52.4 Å². The SMILES string of the molecule is Cc1ccn(C)c(=O)c1NS(=O)(=O)c1ccc(N2CC(C(=O)O)CC2=O)cc1. The third kappa shape index (κ3) is 3.63. The molecule has 1 atom stereocenters. The minimum Gasteiger partial charge on any atom is -0.481 e. The summed E-state index contributed by atoms with van der Waals surface area (Å²) in [6.07, 6.45) is 1.45. The number of aliphatic carboxylic acids is 1. The molecule has 3 rings (SSSR count). The lowest BCUT2D eigenvalue weighted by Crippen LogP contribution is -2.26. The molecule has 2 aromatic rings. The zero-order chi connectivity index (χ0) is 20.6. The van der Waals surface area contributed by atoms with E-state index in [-0.39, 0.29) is 29.5 Å². The molecule has 1 aliphatic rings. The van der Waals surface area contributed by atoms with Gasteiger partial charge in [0.1, 0.15) is 5.69 Å². The third-order valence-corrected chi connectivity index (χ3v) is 6.01. The van der Waals surface area contributed by atoms with Gasteiger partial charge in [-0.05, 0) is 42.8 Å². The largest absolute Gasteiger partial charge is 0.481 e. The number of aromatic nitrogens is 1. The number of amides is 1. The van der Waals surface area contributed by atoms with Crippen molar-refractivity contribution in [3.8, 4) is 0 Å². The highest BCUT2D eigenvalue weighted by molar-refractivity contribution is 7.92. The highest BCUT2D eigenvalue weighted by Gasteiger charge is 2.35. The first kappa shape index (κ1) is 19.6. The Morgan fingerprint density at radius 3 is 2.39 bits per heavy atom. The molecule has 0 bridgehead atoms. The third-order valence-electron chi connectivity index (χ3n) is 4.65. The van der Waals surface area contributed by atoms with Crippen LogP contribution in [0.1, 0.15) is 12.0 Å². The Bertz CT molecular complexity index is 1110. The molecule has 2 heterocycles. The van der Waals surface area contributed by atoms with E-state index in [2.05, 4.69) is 4.72 Å². The molecule has 1 amide bonds. The minimum absolute atomic E-state index is 0.0342. The predicted molar refractivity (Wildman–Crippen MR) is 102 cm³/mol. The van der Waals surface area contributed by atoms with E-state index >= 15 is 0 Å². The van der Waals surface area contributed by atoms with E-state index in [1.165, 1.54) is 40.8 Å². The molecule has 1 aliphatic heterocycles. The van der Waals surface area contributed by atoms with E-state index in [1.807, 2.05) is 0 Å². The van der Waals surface area contributed by atoms with Crippen molar-refractivity contribution in [1.82, 2.24) is 4.57 Å². The molecule has 0 radical (unpaired) electrons. The maximum absolute atomic E-state index is 12.6. The van der Waals surface area contributed by atoms with Crippen LogP contribution in [0.5, 0.6) is 0 Å². The van der Waals surface area contributed by atoms with Crippen molar-refractivity contribution in [2.24, 2.45) is 13.0 Å². The smallest absolute Gasteiger partial charge is 0.308 e. The highest BCUT2D eigenvalue weighted by atomic mass is 32.2. The molecule has 28 heavy (non-hydrogen) atoms. The lowest BCUT2D eigenvalue weighted by atomic mass is 10.1. The van der Waals surface area contributed by atoms with E-state index in [9.17, 15) is 22.8 Å².